The first kappa shape index (κ1) is 19.2. The minimum atomic E-state index is -3.02. The van der Waals surface area contributed by atoms with Gasteiger partial charge in [0.25, 0.3) is 5.92 Å². The summed E-state index contributed by atoms with van der Waals surface area (Å²) < 4.78 is 57.2. The topological polar surface area (TPSA) is 23.5 Å². The van der Waals surface area contributed by atoms with Gasteiger partial charge < -0.3 is 5.11 Å². The number of hydrogen-bond donors (Lipinski definition) is 1. The van der Waals surface area contributed by atoms with Crippen molar-refractivity contribution in [2.24, 2.45) is 0 Å². The number of hydrogen-bond acceptors (Lipinski definition) is 2. The van der Waals surface area contributed by atoms with Crippen molar-refractivity contribution in [3.63, 3.8) is 0 Å². The van der Waals surface area contributed by atoms with E-state index in [1.54, 1.807) is 13.0 Å². The zero-order chi connectivity index (χ0) is 19.2. The molecule has 1 heterocycles. The van der Waals surface area contributed by atoms with Crippen LogP contribution in [0.3, 0.4) is 0 Å². The van der Waals surface area contributed by atoms with Crippen LogP contribution >= 0.6 is 15.9 Å². The van der Waals surface area contributed by atoms with Crippen molar-refractivity contribution in [2.75, 3.05) is 6.54 Å². The maximum Gasteiger partial charge on any atom is 0.257 e. The Kier molecular flexibility index (Phi) is 5.05. The molecule has 0 spiro atoms. The second-order valence-corrected chi connectivity index (χ2v) is 7.78. The molecule has 0 radical (unpaired) electrons. The van der Waals surface area contributed by atoms with Crippen molar-refractivity contribution < 1.29 is 22.7 Å². The molecule has 0 amide bonds. The predicted octanol–water partition coefficient (Wildman–Crippen LogP) is 5.42. The lowest BCUT2D eigenvalue weighted by Gasteiger charge is -2.43. The third-order valence-corrected chi connectivity index (χ3v) is 5.07. The van der Waals surface area contributed by atoms with Gasteiger partial charge in [-0.25, -0.2) is 17.6 Å². The van der Waals surface area contributed by atoms with E-state index in [-0.39, 0.29) is 21.8 Å². The molecule has 1 N–H and O–H groups in total. The average Bonchev–Trinajstić information content (AvgIpc) is 2.47. The number of alkyl halides is 2. The van der Waals surface area contributed by atoms with E-state index in [4.69, 9.17) is 0 Å². The van der Waals surface area contributed by atoms with Gasteiger partial charge in [0.2, 0.25) is 0 Å². The van der Waals surface area contributed by atoms with E-state index in [0.29, 0.717) is 17.5 Å². The summed E-state index contributed by atoms with van der Waals surface area (Å²) in [6.07, 6.45) is 0.399. The number of benzene rings is 2. The zero-order valence-corrected chi connectivity index (χ0v) is 15.8. The van der Waals surface area contributed by atoms with E-state index in [1.807, 2.05) is 0 Å². The highest BCUT2D eigenvalue weighted by molar-refractivity contribution is 9.10. The standard InChI is InChI=1S/C19H18BrF4NO/c1-10-5-11-6-13(26)3-4-14(11)18(25(10)9-19(2,23)24)17-15(21)7-12(20)8-16(17)22/h3-4,6-8,10,18,26H,5,9H2,1-2H3/t10-,18+/m1/s1. The van der Waals surface area contributed by atoms with Crippen LogP contribution < -0.4 is 0 Å². The van der Waals surface area contributed by atoms with Crippen molar-refractivity contribution in [2.45, 2.75) is 38.3 Å². The van der Waals surface area contributed by atoms with E-state index in [9.17, 15) is 22.7 Å². The van der Waals surface area contributed by atoms with E-state index in [2.05, 4.69) is 15.9 Å². The normalized spacial score (nSPS) is 20.9. The summed E-state index contributed by atoms with van der Waals surface area (Å²) in [5.41, 5.74) is 0.945. The number of phenolic OH excluding ortho intramolecular Hbond substituents is 1. The summed E-state index contributed by atoms with van der Waals surface area (Å²) in [7, 11) is 0. The Labute approximate surface area is 157 Å². The van der Waals surface area contributed by atoms with Crippen molar-refractivity contribution in [1.29, 1.82) is 0 Å². The largest absolute Gasteiger partial charge is 0.508 e. The molecule has 0 unspecified atom stereocenters. The Morgan fingerprint density at radius 3 is 2.38 bits per heavy atom. The molecular weight excluding hydrogens is 414 g/mol. The van der Waals surface area contributed by atoms with Gasteiger partial charge in [-0.3, -0.25) is 4.90 Å². The molecule has 2 aromatic carbocycles. The number of aromatic hydroxyl groups is 1. The monoisotopic (exact) mass is 431 g/mol. The molecule has 140 valence electrons. The van der Waals surface area contributed by atoms with E-state index < -0.39 is 30.1 Å². The maximum atomic E-state index is 14.7. The van der Waals surface area contributed by atoms with Gasteiger partial charge in [-0.05, 0) is 48.7 Å². The van der Waals surface area contributed by atoms with E-state index >= 15 is 0 Å². The maximum absolute atomic E-state index is 14.7. The third-order valence-electron chi connectivity index (χ3n) is 4.61. The molecule has 0 fully saturated rings. The van der Waals surface area contributed by atoms with Crippen LogP contribution in [0.1, 0.15) is 36.6 Å². The predicted molar refractivity (Wildman–Crippen MR) is 94.5 cm³/mol. The van der Waals surface area contributed by atoms with Gasteiger partial charge >= 0.3 is 0 Å². The number of nitrogens with zero attached hydrogens (tertiary/aromatic N) is 1. The molecule has 2 aromatic rings. The molecule has 0 aliphatic carbocycles. The number of phenols is 1. The fourth-order valence-corrected chi connectivity index (χ4v) is 4.01. The number of fused-ring (bicyclic) bond motifs is 1. The summed E-state index contributed by atoms with van der Waals surface area (Å²) in [6, 6.07) is 5.33. The molecule has 1 aliphatic heterocycles. The van der Waals surface area contributed by atoms with Crippen LogP contribution in [0.2, 0.25) is 0 Å². The Hall–Kier alpha value is -1.60. The van der Waals surface area contributed by atoms with Crippen LogP contribution in [0.15, 0.2) is 34.8 Å². The number of rotatable bonds is 3. The van der Waals surface area contributed by atoms with Gasteiger partial charge in [0.05, 0.1) is 12.6 Å². The summed E-state index contributed by atoms with van der Waals surface area (Å²) in [4.78, 5) is 1.43. The first-order valence-corrected chi connectivity index (χ1v) is 8.96. The quantitative estimate of drug-likeness (QED) is 0.655. The first-order valence-electron chi connectivity index (χ1n) is 8.16. The molecule has 26 heavy (non-hydrogen) atoms. The second kappa shape index (κ2) is 6.85. The lowest BCUT2D eigenvalue weighted by Crippen LogP contribution is -2.47. The fraction of sp³-hybridized carbons (Fsp3) is 0.368. The Balaban J connectivity index is 2.22. The highest BCUT2D eigenvalue weighted by Gasteiger charge is 2.40. The van der Waals surface area contributed by atoms with E-state index in [0.717, 1.165) is 19.1 Å². The lowest BCUT2D eigenvalue weighted by atomic mass is 9.84. The minimum Gasteiger partial charge on any atom is -0.508 e. The third kappa shape index (κ3) is 3.74. The molecule has 0 saturated carbocycles. The van der Waals surface area contributed by atoms with Crippen molar-refractivity contribution in [3.8, 4) is 5.75 Å². The first-order chi connectivity index (χ1) is 12.1. The fourth-order valence-electron chi connectivity index (χ4n) is 3.61. The average molecular weight is 432 g/mol. The lowest BCUT2D eigenvalue weighted by molar-refractivity contribution is -0.0371. The summed E-state index contributed by atoms with van der Waals surface area (Å²) in [5, 5.41) is 9.74. The van der Waals surface area contributed by atoms with Crippen LogP contribution in [-0.4, -0.2) is 28.5 Å². The van der Waals surface area contributed by atoms with Gasteiger partial charge in [-0.1, -0.05) is 22.0 Å². The molecule has 3 rings (SSSR count). The molecule has 7 heteroatoms. The second-order valence-electron chi connectivity index (χ2n) is 6.86. The van der Waals surface area contributed by atoms with Crippen LogP contribution in [0.25, 0.3) is 0 Å². The molecule has 2 atom stereocenters. The molecule has 0 saturated heterocycles. The van der Waals surface area contributed by atoms with Gasteiger partial charge in [-0.15, -0.1) is 0 Å². The Bertz CT molecular complexity index is 814. The SMILES string of the molecule is C[C@@H]1Cc2cc(O)ccc2[C@@H](c2c(F)cc(Br)cc2F)N1CC(C)(F)F. The van der Waals surface area contributed by atoms with E-state index in [1.165, 1.54) is 17.0 Å². The summed E-state index contributed by atoms with van der Waals surface area (Å²) in [6.45, 7) is 1.89. The van der Waals surface area contributed by atoms with Crippen LogP contribution in [-0.2, 0) is 6.42 Å². The summed E-state index contributed by atoms with van der Waals surface area (Å²) >= 11 is 3.04. The Morgan fingerprint density at radius 1 is 1.19 bits per heavy atom. The molecule has 0 aromatic heterocycles. The van der Waals surface area contributed by atoms with Crippen molar-refractivity contribution in [3.05, 3.63) is 63.1 Å². The van der Waals surface area contributed by atoms with Crippen molar-refractivity contribution >= 4 is 15.9 Å². The molecule has 0 bridgehead atoms. The smallest absolute Gasteiger partial charge is 0.257 e. The molecular formula is C19H18BrF4NO. The van der Waals surface area contributed by atoms with Crippen molar-refractivity contribution in [1.82, 2.24) is 4.90 Å². The van der Waals surface area contributed by atoms with Gasteiger partial charge in [0.15, 0.2) is 0 Å². The highest BCUT2D eigenvalue weighted by atomic mass is 79.9. The zero-order valence-electron chi connectivity index (χ0n) is 14.2. The van der Waals surface area contributed by atoms with Crippen LogP contribution in [0, 0.1) is 11.6 Å². The Morgan fingerprint density at radius 2 is 1.81 bits per heavy atom. The summed E-state index contributed by atoms with van der Waals surface area (Å²) in [5.74, 6) is -4.61. The highest BCUT2D eigenvalue weighted by Crippen LogP contribution is 2.42. The van der Waals surface area contributed by atoms with Crippen LogP contribution in [0.4, 0.5) is 17.6 Å². The number of halogens is 5. The molecule has 1 aliphatic rings. The molecule has 2 nitrogen and oxygen atoms in total. The minimum absolute atomic E-state index is 0.0284. The van der Waals surface area contributed by atoms with Crippen LogP contribution in [0.5, 0.6) is 5.75 Å². The van der Waals surface area contributed by atoms with Gasteiger partial charge in [0, 0.05) is 23.0 Å². The van der Waals surface area contributed by atoms with Gasteiger partial charge in [-0.2, -0.15) is 0 Å². The van der Waals surface area contributed by atoms with Gasteiger partial charge in [0.1, 0.15) is 17.4 Å².